The molecular formula is C29H51ClO2. The number of hydrogen-bond donors (Lipinski definition) is 2. The molecule has 0 radical (unpaired) electrons. The highest BCUT2D eigenvalue weighted by molar-refractivity contribution is 6.21. The maximum atomic E-state index is 11.8. The van der Waals surface area contributed by atoms with Crippen molar-refractivity contribution in [3.8, 4) is 0 Å². The molecule has 4 rings (SSSR count). The number of halogens is 1. The van der Waals surface area contributed by atoms with Crippen molar-refractivity contribution in [2.75, 3.05) is 0 Å². The fourth-order valence-electron chi connectivity index (χ4n) is 9.87. The molecule has 32 heavy (non-hydrogen) atoms. The maximum absolute atomic E-state index is 11.8. The van der Waals surface area contributed by atoms with Crippen LogP contribution in [0.25, 0.3) is 0 Å². The summed E-state index contributed by atoms with van der Waals surface area (Å²) in [7, 11) is 0. The molecule has 0 aromatic rings. The molecule has 0 amide bonds. The highest BCUT2D eigenvalue weighted by atomic mass is 35.5. The van der Waals surface area contributed by atoms with Gasteiger partial charge in [0.1, 0.15) is 0 Å². The van der Waals surface area contributed by atoms with Gasteiger partial charge in [-0.2, -0.15) is 0 Å². The minimum absolute atomic E-state index is 0.141. The van der Waals surface area contributed by atoms with Crippen LogP contribution >= 0.6 is 11.6 Å². The second-order valence-corrected chi connectivity index (χ2v) is 14.0. The molecule has 2 nitrogen and oxygen atoms in total. The van der Waals surface area contributed by atoms with Gasteiger partial charge >= 0.3 is 0 Å². The van der Waals surface area contributed by atoms with Gasteiger partial charge in [0.05, 0.1) is 17.1 Å². The lowest BCUT2D eigenvalue weighted by molar-refractivity contribution is -0.217. The molecule has 4 fully saturated rings. The van der Waals surface area contributed by atoms with Gasteiger partial charge in [-0.05, 0) is 98.2 Å². The molecule has 0 aromatic carbocycles. The molecule has 3 heteroatoms. The van der Waals surface area contributed by atoms with Crippen molar-refractivity contribution in [2.45, 2.75) is 129 Å². The molecule has 0 aliphatic heterocycles. The Hall–Kier alpha value is 0.210. The van der Waals surface area contributed by atoms with Crippen molar-refractivity contribution < 1.29 is 10.2 Å². The van der Waals surface area contributed by atoms with Crippen molar-refractivity contribution >= 4 is 11.6 Å². The van der Waals surface area contributed by atoms with E-state index in [-0.39, 0.29) is 10.8 Å². The van der Waals surface area contributed by atoms with E-state index in [0.29, 0.717) is 23.7 Å². The van der Waals surface area contributed by atoms with Gasteiger partial charge in [0.15, 0.2) is 0 Å². The largest absolute Gasteiger partial charge is 0.393 e. The predicted octanol–water partition coefficient (Wildman–Crippen LogP) is 7.44. The zero-order valence-corrected chi connectivity index (χ0v) is 22.5. The summed E-state index contributed by atoms with van der Waals surface area (Å²) in [6.45, 7) is 14.6. The average Bonchev–Trinajstić information content (AvgIpc) is 3.08. The van der Waals surface area contributed by atoms with Crippen molar-refractivity contribution in [3.63, 3.8) is 0 Å². The first-order valence-electron chi connectivity index (χ1n) is 14.0. The third kappa shape index (κ3) is 3.81. The Kier molecular flexibility index (Phi) is 7.13. The van der Waals surface area contributed by atoms with Gasteiger partial charge in [-0.25, -0.2) is 0 Å². The van der Waals surface area contributed by atoms with Crippen LogP contribution in [0.1, 0.15) is 112 Å². The first-order chi connectivity index (χ1) is 15.0. The molecule has 1 unspecified atom stereocenters. The van der Waals surface area contributed by atoms with Crippen LogP contribution in [-0.2, 0) is 0 Å². The Morgan fingerprint density at radius 3 is 2.34 bits per heavy atom. The van der Waals surface area contributed by atoms with Crippen molar-refractivity contribution in [3.05, 3.63) is 0 Å². The lowest BCUT2D eigenvalue weighted by Crippen LogP contribution is -2.67. The van der Waals surface area contributed by atoms with Crippen molar-refractivity contribution in [2.24, 2.45) is 52.3 Å². The molecule has 11 atom stereocenters. The summed E-state index contributed by atoms with van der Waals surface area (Å²) in [4.78, 5) is 0. The second-order valence-electron chi connectivity index (χ2n) is 13.5. The molecule has 0 bridgehead atoms. The van der Waals surface area contributed by atoms with Crippen LogP contribution in [0.5, 0.6) is 0 Å². The number of fused-ring (bicyclic) bond motifs is 5. The number of hydrogen-bond acceptors (Lipinski definition) is 2. The standard InChI is InChI=1S/C29H51ClO2/c1-7-20(18(2)3)9-8-19(4)23-10-11-24-22-16-26(30)29(32)17-21(31)12-15-28(29,6)25(22)13-14-27(23,24)5/h18-26,31-32H,7-17H2,1-6H3/t19-,20-,21+,22+,23-,24+,25+,26?,27-,28-,29+/m1/s1. The number of rotatable bonds is 6. The van der Waals surface area contributed by atoms with Gasteiger partial charge in [-0.3, -0.25) is 0 Å². The second kappa shape index (κ2) is 9.02. The molecule has 2 N–H and O–H groups in total. The Morgan fingerprint density at radius 2 is 1.69 bits per heavy atom. The SMILES string of the molecule is CC[C@H](CC[C@@H](C)[C@H]1CC[C@H]2[C@@H]3CC(Cl)[C@@]4(O)C[C@@H](O)CC[C@]4(C)[C@H]3CC[C@]12C)C(C)C. The number of aliphatic hydroxyl groups excluding tert-OH is 1. The summed E-state index contributed by atoms with van der Waals surface area (Å²) in [5, 5.41) is 21.9. The van der Waals surface area contributed by atoms with Gasteiger partial charge in [-0.15, -0.1) is 11.6 Å². The van der Waals surface area contributed by atoms with Gasteiger partial charge < -0.3 is 10.2 Å². The monoisotopic (exact) mass is 466 g/mol. The van der Waals surface area contributed by atoms with Crippen LogP contribution in [0.3, 0.4) is 0 Å². The summed E-state index contributed by atoms with van der Waals surface area (Å²) in [6, 6.07) is 0. The average molecular weight is 467 g/mol. The number of aliphatic hydroxyl groups is 2. The summed E-state index contributed by atoms with van der Waals surface area (Å²) in [5.74, 6) is 5.28. The maximum Gasteiger partial charge on any atom is 0.0891 e. The fourth-order valence-corrected chi connectivity index (χ4v) is 10.4. The van der Waals surface area contributed by atoms with E-state index in [1.807, 2.05) is 0 Å². The van der Waals surface area contributed by atoms with Gasteiger partial charge in [0.25, 0.3) is 0 Å². The zero-order chi connectivity index (χ0) is 23.5. The molecule has 4 aliphatic rings. The molecular weight excluding hydrogens is 416 g/mol. The van der Waals surface area contributed by atoms with Gasteiger partial charge in [0, 0.05) is 11.8 Å². The number of alkyl halides is 1. The van der Waals surface area contributed by atoms with E-state index in [1.54, 1.807) is 0 Å². The minimum Gasteiger partial charge on any atom is -0.393 e. The predicted molar refractivity (Wildman–Crippen MR) is 135 cm³/mol. The normalized spacial score (nSPS) is 50.4. The van der Waals surface area contributed by atoms with Crippen LogP contribution in [0.4, 0.5) is 0 Å². The summed E-state index contributed by atoms with van der Waals surface area (Å²) in [6.07, 6.45) is 12.1. The van der Waals surface area contributed by atoms with E-state index in [4.69, 9.17) is 11.6 Å². The van der Waals surface area contributed by atoms with Crippen LogP contribution in [0, 0.1) is 52.3 Å². The van der Waals surface area contributed by atoms with E-state index in [1.165, 1.54) is 44.9 Å². The van der Waals surface area contributed by atoms with E-state index in [9.17, 15) is 10.2 Å². The van der Waals surface area contributed by atoms with Gasteiger partial charge in [0.2, 0.25) is 0 Å². The minimum atomic E-state index is -0.904. The quantitative estimate of drug-likeness (QED) is 0.399. The Balaban J connectivity index is 1.51. The lowest BCUT2D eigenvalue weighted by atomic mass is 9.43. The van der Waals surface area contributed by atoms with Gasteiger partial charge in [-0.1, -0.05) is 54.4 Å². The Morgan fingerprint density at radius 1 is 0.969 bits per heavy atom. The Labute approximate surface area is 203 Å². The highest BCUT2D eigenvalue weighted by Crippen LogP contribution is 2.69. The smallest absolute Gasteiger partial charge is 0.0891 e. The third-order valence-electron chi connectivity index (χ3n) is 12.0. The van der Waals surface area contributed by atoms with Crippen LogP contribution in [0.2, 0.25) is 0 Å². The molecule has 0 aromatic heterocycles. The molecule has 186 valence electrons. The lowest BCUT2D eigenvalue weighted by Gasteiger charge is -2.65. The van der Waals surface area contributed by atoms with E-state index >= 15 is 0 Å². The summed E-state index contributed by atoms with van der Waals surface area (Å²) in [5.41, 5.74) is -0.604. The topological polar surface area (TPSA) is 40.5 Å². The van der Waals surface area contributed by atoms with E-state index in [2.05, 4.69) is 41.5 Å². The van der Waals surface area contributed by atoms with E-state index in [0.717, 1.165) is 48.9 Å². The first-order valence-corrected chi connectivity index (χ1v) is 14.5. The fraction of sp³-hybridized carbons (Fsp3) is 1.00. The molecule has 4 saturated carbocycles. The highest BCUT2D eigenvalue weighted by Gasteiger charge is 2.67. The zero-order valence-electron chi connectivity index (χ0n) is 21.7. The summed E-state index contributed by atoms with van der Waals surface area (Å²) < 4.78 is 0. The molecule has 0 saturated heterocycles. The molecule has 0 spiro atoms. The summed E-state index contributed by atoms with van der Waals surface area (Å²) >= 11 is 7.01. The van der Waals surface area contributed by atoms with Crippen LogP contribution < -0.4 is 0 Å². The van der Waals surface area contributed by atoms with Crippen LogP contribution in [-0.4, -0.2) is 27.3 Å². The van der Waals surface area contributed by atoms with Crippen molar-refractivity contribution in [1.82, 2.24) is 0 Å². The van der Waals surface area contributed by atoms with E-state index < -0.39 is 11.7 Å². The molecule has 0 heterocycles. The first kappa shape index (κ1) is 25.3. The Bertz CT molecular complexity index is 666. The van der Waals surface area contributed by atoms with Crippen LogP contribution in [0.15, 0.2) is 0 Å². The molecule has 4 aliphatic carbocycles. The third-order valence-corrected chi connectivity index (χ3v) is 12.5. The van der Waals surface area contributed by atoms with Crippen molar-refractivity contribution in [1.29, 1.82) is 0 Å².